The van der Waals surface area contributed by atoms with Crippen molar-refractivity contribution < 1.29 is 28.6 Å². The maximum atomic E-state index is 12.8. The normalized spacial score (nSPS) is 12.1. The molecule has 0 fully saturated rings. The fourth-order valence-electron chi connectivity index (χ4n) is 8.17. The molecular formula is C54H104O6. The number of rotatable bonds is 48. The number of hydrogen-bond donors (Lipinski definition) is 0. The van der Waals surface area contributed by atoms with Crippen molar-refractivity contribution in [1.29, 1.82) is 0 Å². The van der Waals surface area contributed by atoms with Gasteiger partial charge < -0.3 is 14.2 Å². The van der Waals surface area contributed by atoms with Crippen LogP contribution >= 0.6 is 0 Å². The topological polar surface area (TPSA) is 78.9 Å². The quantitative estimate of drug-likeness (QED) is 0.0345. The smallest absolute Gasteiger partial charge is 0.306 e. The first kappa shape index (κ1) is 58.4. The van der Waals surface area contributed by atoms with Crippen molar-refractivity contribution in [1.82, 2.24) is 0 Å². The first-order valence-electron chi connectivity index (χ1n) is 26.7. The van der Waals surface area contributed by atoms with Gasteiger partial charge in [0.2, 0.25) is 0 Å². The van der Waals surface area contributed by atoms with Gasteiger partial charge in [-0.1, -0.05) is 259 Å². The van der Waals surface area contributed by atoms with Crippen LogP contribution in [0, 0.1) is 11.8 Å². The molecule has 0 aromatic carbocycles. The predicted molar refractivity (Wildman–Crippen MR) is 256 cm³/mol. The van der Waals surface area contributed by atoms with Gasteiger partial charge in [-0.2, -0.15) is 0 Å². The molecule has 0 spiro atoms. The highest BCUT2D eigenvalue weighted by atomic mass is 16.6. The highest BCUT2D eigenvalue weighted by Gasteiger charge is 2.19. The standard InChI is InChI=1S/C54H104O6/c1-6-7-8-9-10-22-29-34-39-44-52(55)58-47-51(60-54(57)46-41-36-31-26-21-17-19-24-28-33-38-43-50(4)5)48-59-53(56)45-40-35-30-25-20-16-14-12-11-13-15-18-23-27-32-37-42-49(2)3/h49-51H,6-48H2,1-5H3/t51-/m1/s1. The van der Waals surface area contributed by atoms with Crippen LogP contribution in [0.3, 0.4) is 0 Å². The summed E-state index contributed by atoms with van der Waals surface area (Å²) in [6.45, 7) is 11.4. The lowest BCUT2D eigenvalue weighted by molar-refractivity contribution is -0.167. The Hall–Kier alpha value is -1.59. The summed E-state index contributed by atoms with van der Waals surface area (Å²) < 4.78 is 16.8. The highest BCUT2D eigenvalue weighted by Crippen LogP contribution is 2.18. The second-order valence-corrected chi connectivity index (χ2v) is 19.5. The van der Waals surface area contributed by atoms with Crippen molar-refractivity contribution in [3.05, 3.63) is 0 Å². The van der Waals surface area contributed by atoms with Gasteiger partial charge in [0.25, 0.3) is 0 Å². The molecule has 0 saturated carbocycles. The number of hydrogen-bond acceptors (Lipinski definition) is 6. The lowest BCUT2D eigenvalue weighted by atomic mass is 10.0. The van der Waals surface area contributed by atoms with E-state index in [9.17, 15) is 14.4 Å². The molecule has 0 aromatic heterocycles. The van der Waals surface area contributed by atoms with E-state index in [2.05, 4.69) is 34.6 Å². The van der Waals surface area contributed by atoms with E-state index in [4.69, 9.17) is 14.2 Å². The zero-order valence-corrected chi connectivity index (χ0v) is 41.1. The zero-order chi connectivity index (χ0) is 44.0. The van der Waals surface area contributed by atoms with E-state index in [-0.39, 0.29) is 31.1 Å². The molecule has 0 N–H and O–H groups in total. The molecule has 0 rings (SSSR count). The molecule has 0 heterocycles. The van der Waals surface area contributed by atoms with Gasteiger partial charge in [-0.25, -0.2) is 0 Å². The lowest BCUT2D eigenvalue weighted by Gasteiger charge is -2.18. The molecule has 1 atom stereocenters. The summed E-state index contributed by atoms with van der Waals surface area (Å²) in [5.41, 5.74) is 0. The molecule has 0 aliphatic heterocycles. The van der Waals surface area contributed by atoms with Crippen molar-refractivity contribution >= 4 is 17.9 Å². The first-order chi connectivity index (χ1) is 29.2. The molecule has 0 aliphatic carbocycles. The summed E-state index contributed by atoms with van der Waals surface area (Å²) in [7, 11) is 0. The molecule has 6 nitrogen and oxygen atoms in total. The molecule has 0 aromatic rings. The summed E-state index contributed by atoms with van der Waals surface area (Å²) in [4.78, 5) is 37.9. The van der Waals surface area contributed by atoms with Crippen LogP contribution in [0.25, 0.3) is 0 Å². The Morgan fingerprint density at radius 2 is 0.550 bits per heavy atom. The van der Waals surface area contributed by atoms with Crippen LogP contribution in [0.2, 0.25) is 0 Å². The molecule has 0 radical (unpaired) electrons. The molecule has 60 heavy (non-hydrogen) atoms. The van der Waals surface area contributed by atoms with Crippen molar-refractivity contribution in [2.45, 2.75) is 304 Å². The highest BCUT2D eigenvalue weighted by molar-refractivity contribution is 5.71. The second-order valence-electron chi connectivity index (χ2n) is 19.5. The van der Waals surface area contributed by atoms with Gasteiger partial charge in [0.05, 0.1) is 0 Å². The lowest BCUT2D eigenvalue weighted by Crippen LogP contribution is -2.30. The average molecular weight is 849 g/mol. The zero-order valence-electron chi connectivity index (χ0n) is 41.1. The number of esters is 3. The van der Waals surface area contributed by atoms with Crippen molar-refractivity contribution in [3.8, 4) is 0 Å². The molecular weight excluding hydrogens is 745 g/mol. The van der Waals surface area contributed by atoms with E-state index in [1.54, 1.807) is 0 Å². The van der Waals surface area contributed by atoms with Crippen molar-refractivity contribution in [2.75, 3.05) is 13.2 Å². The van der Waals surface area contributed by atoms with E-state index in [1.165, 1.54) is 186 Å². The van der Waals surface area contributed by atoms with Gasteiger partial charge in [0.1, 0.15) is 13.2 Å². The van der Waals surface area contributed by atoms with Gasteiger partial charge >= 0.3 is 17.9 Å². The Morgan fingerprint density at radius 3 is 0.817 bits per heavy atom. The second kappa shape index (κ2) is 46.9. The van der Waals surface area contributed by atoms with E-state index in [1.807, 2.05) is 0 Å². The van der Waals surface area contributed by atoms with Gasteiger partial charge in [-0.15, -0.1) is 0 Å². The molecule has 0 unspecified atom stereocenters. The molecule has 356 valence electrons. The van der Waals surface area contributed by atoms with Gasteiger partial charge in [0.15, 0.2) is 6.10 Å². The Labute approximate surface area is 374 Å². The van der Waals surface area contributed by atoms with E-state index in [0.29, 0.717) is 19.3 Å². The van der Waals surface area contributed by atoms with Crippen LogP contribution in [0.1, 0.15) is 298 Å². The maximum absolute atomic E-state index is 12.8. The summed E-state index contributed by atoms with van der Waals surface area (Å²) in [5.74, 6) is 0.829. The molecule has 6 heteroatoms. The molecule has 0 bridgehead atoms. The summed E-state index contributed by atoms with van der Waals surface area (Å²) >= 11 is 0. The summed E-state index contributed by atoms with van der Waals surface area (Å²) in [6, 6.07) is 0. The number of unbranched alkanes of at least 4 members (excludes halogenated alkanes) is 33. The minimum Gasteiger partial charge on any atom is -0.462 e. The Bertz CT molecular complexity index is 916. The van der Waals surface area contributed by atoms with Crippen molar-refractivity contribution in [3.63, 3.8) is 0 Å². The predicted octanol–water partition coefficient (Wildman–Crippen LogP) is 17.3. The van der Waals surface area contributed by atoms with Crippen LogP contribution in [-0.4, -0.2) is 37.2 Å². The maximum Gasteiger partial charge on any atom is 0.306 e. The number of ether oxygens (including phenoxy) is 3. The molecule has 0 amide bonds. The van der Waals surface area contributed by atoms with Crippen LogP contribution in [0.15, 0.2) is 0 Å². The first-order valence-corrected chi connectivity index (χ1v) is 26.7. The largest absolute Gasteiger partial charge is 0.462 e. The Balaban J connectivity index is 4.22. The Morgan fingerprint density at radius 1 is 0.317 bits per heavy atom. The van der Waals surface area contributed by atoms with Gasteiger partial charge in [-0.05, 0) is 31.1 Å². The third kappa shape index (κ3) is 47.5. The number of carbonyl (C=O) groups excluding carboxylic acids is 3. The molecule has 0 aliphatic rings. The summed E-state index contributed by atoms with van der Waals surface area (Å²) in [6.07, 6.45) is 48.1. The van der Waals surface area contributed by atoms with Crippen LogP contribution in [-0.2, 0) is 28.6 Å². The minimum atomic E-state index is -0.761. The summed E-state index contributed by atoms with van der Waals surface area (Å²) in [5, 5.41) is 0. The molecule has 0 saturated heterocycles. The minimum absolute atomic E-state index is 0.0634. The van der Waals surface area contributed by atoms with E-state index < -0.39 is 6.10 Å². The fourth-order valence-corrected chi connectivity index (χ4v) is 8.17. The van der Waals surface area contributed by atoms with Crippen LogP contribution < -0.4 is 0 Å². The average Bonchev–Trinajstić information content (AvgIpc) is 3.22. The van der Waals surface area contributed by atoms with Gasteiger partial charge in [-0.3, -0.25) is 14.4 Å². The third-order valence-corrected chi connectivity index (χ3v) is 12.2. The van der Waals surface area contributed by atoms with Gasteiger partial charge in [0, 0.05) is 19.3 Å². The van der Waals surface area contributed by atoms with E-state index in [0.717, 1.165) is 69.6 Å². The third-order valence-electron chi connectivity index (χ3n) is 12.2. The fraction of sp³-hybridized carbons (Fsp3) is 0.944. The monoisotopic (exact) mass is 849 g/mol. The SMILES string of the molecule is CCCCCCCCCCCC(=O)OC[C@H](COC(=O)CCCCCCCCCCCCCCCCCCC(C)C)OC(=O)CCCCCCCCCCCCCC(C)C. The Kier molecular flexibility index (Phi) is 45.7. The van der Waals surface area contributed by atoms with E-state index >= 15 is 0 Å². The van der Waals surface area contributed by atoms with Crippen molar-refractivity contribution in [2.24, 2.45) is 11.8 Å². The number of carbonyl (C=O) groups is 3. The van der Waals surface area contributed by atoms with Crippen LogP contribution in [0.4, 0.5) is 0 Å². The van der Waals surface area contributed by atoms with Crippen LogP contribution in [0.5, 0.6) is 0 Å².